The molecule has 0 spiro atoms. The van der Waals surface area contributed by atoms with Crippen LogP contribution in [0.1, 0.15) is 5.56 Å². The average molecular weight is 300 g/mol. The summed E-state index contributed by atoms with van der Waals surface area (Å²) in [6, 6.07) is -0.0841. The largest absolute Gasteiger partial charge is 0.374 e. The Bertz CT molecular complexity index is 585. The molecule has 2 atom stereocenters. The summed E-state index contributed by atoms with van der Waals surface area (Å²) in [6.07, 6.45) is 3.79. The molecule has 7 nitrogen and oxygen atoms in total. The number of fused-ring (bicyclic) bond motifs is 1. The summed E-state index contributed by atoms with van der Waals surface area (Å²) in [5.41, 5.74) is 1.13. The zero-order chi connectivity index (χ0) is 14.3. The standard InChI is InChI=1S/C12H20N4O3S/c1-14-6-10(5-13-14)7-16-8-11-12(9-16)19-3-4-20(17,18)15(11)2/h5-6,11-12H,3-4,7-9H2,1-2H3/t11-,12+/m1/s1. The number of aromatic nitrogens is 2. The van der Waals surface area contributed by atoms with Gasteiger partial charge in [-0.15, -0.1) is 0 Å². The van der Waals surface area contributed by atoms with Crippen LogP contribution in [-0.2, 0) is 28.4 Å². The second-order valence-corrected chi connectivity index (χ2v) is 7.67. The summed E-state index contributed by atoms with van der Waals surface area (Å²) in [5.74, 6) is 0.0824. The van der Waals surface area contributed by atoms with Crippen molar-refractivity contribution >= 4 is 10.0 Å². The first kappa shape index (κ1) is 14.0. The summed E-state index contributed by atoms with van der Waals surface area (Å²) in [4.78, 5) is 2.23. The van der Waals surface area contributed by atoms with Crippen LogP contribution in [0.4, 0.5) is 0 Å². The van der Waals surface area contributed by atoms with Gasteiger partial charge in [-0.1, -0.05) is 0 Å². The molecule has 0 unspecified atom stereocenters. The van der Waals surface area contributed by atoms with Crippen LogP contribution in [-0.4, -0.2) is 72.0 Å². The number of ether oxygens (including phenoxy) is 1. The lowest BCUT2D eigenvalue weighted by atomic mass is 10.2. The van der Waals surface area contributed by atoms with Crippen LogP contribution in [0.2, 0.25) is 0 Å². The number of likely N-dealkylation sites (N-methyl/N-ethyl adjacent to an activating group) is 1. The van der Waals surface area contributed by atoms with Gasteiger partial charge in [0.1, 0.15) is 0 Å². The molecule has 3 rings (SSSR count). The highest BCUT2D eigenvalue weighted by Gasteiger charge is 2.42. The molecule has 2 aliphatic heterocycles. The Labute approximate surface area is 119 Å². The molecule has 0 aliphatic carbocycles. The molecule has 2 saturated heterocycles. The molecule has 2 aliphatic rings. The molecule has 0 radical (unpaired) electrons. The zero-order valence-electron chi connectivity index (χ0n) is 11.8. The van der Waals surface area contributed by atoms with Gasteiger partial charge in [-0.2, -0.15) is 9.40 Å². The number of sulfonamides is 1. The van der Waals surface area contributed by atoms with Gasteiger partial charge in [-0.25, -0.2) is 8.42 Å². The third-order valence-corrected chi connectivity index (χ3v) is 5.89. The molecule has 3 heterocycles. The third-order valence-electron chi connectivity index (χ3n) is 4.06. The van der Waals surface area contributed by atoms with Crippen molar-refractivity contribution in [3.05, 3.63) is 18.0 Å². The van der Waals surface area contributed by atoms with Crippen LogP contribution in [0.15, 0.2) is 12.4 Å². The van der Waals surface area contributed by atoms with Crippen molar-refractivity contribution in [2.75, 3.05) is 32.5 Å². The van der Waals surface area contributed by atoms with Crippen molar-refractivity contribution in [2.45, 2.75) is 18.7 Å². The maximum absolute atomic E-state index is 12.0. The number of nitrogens with zero attached hydrogens (tertiary/aromatic N) is 4. The van der Waals surface area contributed by atoms with Gasteiger partial charge >= 0.3 is 0 Å². The van der Waals surface area contributed by atoms with E-state index in [2.05, 4.69) is 10.00 Å². The normalized spacial score (nSPS) is 31.1. The number of aryl methyl sites for hydroxylation is 1. The molecule has 1 aromatic heterocycles. The highest BCUT2D eigenvalue weighted by atomic mass is 32.2. The van der Waals surface area contributed by atoms with Crippen LogP contribution in [0.3, 0.4) is 0 Å². The van der Waals surface area contributed by atoms with Gasteiger partial charge in [0.25, 0.3) is 0 Å². The molecule has 1 aromatic rings. The number of likely N-dealkylation sites (tertiary alicyclic amines) is 1. The fraction of sp³-hybridized carbons (Fsp3) is 0.750. The van der Waals surface area contributed by atoms with E-state index in [1.54, 1.807) is 11.7 Å². The van der Waals surface area contributed by atoms with Crippen molar-refractivity contribution in [1.29, 1.82) is 0 Å². The lowest BCUT2D eigenvalue weighted by Gasteiger charge is -2.23. The molecular formula is C12H20N4O3S. The van der Waals surface area contributed by atoms with Gasteiger partial charge in [0.2, 0.25) is 10.0 Å². The first-order valence-corrected chi connectivity index (χ1v) is 8.34. The van der Waals surface area contributed by atoms with Crippen molar-refractivity contribution in [1.82, 2.24) is 19.0 Å². The molecule has 0 aromatic carbocycles. The molecule has 112 valence electrons. The average Bonchev–Trinajstić information content (AvgIpc) is 2.93. The Morgan fingerprint density at radius 2 is 2.20 bits per heavy atom. The maximum atomic E-state index is 12.0. The summed E-state index contributed by atoms with van der Waals surface area (Å²) in [7, 11) is 0.373. The summed E-state index contributed by atoms with van der Waals surface area (Å²) in [5, 5.41) is 4.15. The smallest absolute Gasteiger partial charge is 0.216 e. The Balaban J connectivity index is 1.71. The van der Waals surface area contributed by atoms with Crippen molar-refractivity contribution in [2.24, 2.45) is 7.05 Å². The predicted molar refractivity (Wildman–Crippen MR) is 73.6 cm³/mol. The third kappa shape index (κ3) is 2.60. The lowest BCUT2D eigenvalue weighted by molar-refractivity contribution is 0.0500. The molecule has 20 heavy (non-hydrogen) atoms. The van der Waals surface area contributed by atoms with Crippen LogP contribution in [0.25, 0.3) is 0 Å². The highest BCUT2D eigenvalue weighted by Crippen LogP contribution is 2.24. The van der Waals surface area contributed by atoms with Gasteiger partial charge in [-0.3, -0.25) is 9.58 Å². The fourth-order valence-electron chi connectivity index (χ4n) is 2.94. The van der Waals surface area contributed by atoms with E-state index in [1.807, 2.05) is 19.4 Å². The van der Waals surface area contributed by atoms with E-state index >= 15 is 0 Å². The van der Waals surface area contributed by atoms with Crippen LogP contribution in [0.5, 0.6) is 0 Å². The van der Waals surface area contributed by atoms with Gasteiger partial charge in [-0.05, 0) is 0 Å². The van der Waals surface area contributed by atoms with Gasteiger partial charge in [0.05, 0.1) is 30.7 Å². The predicted octanol–water partition coefficient (Wildman–Crippen LogP) is -0.735. The van der Waals surface area contributed by atoms with Crippen molar-refractivity contribution in [3.63, 3.8) is 0 Å². The second-order valence-electron chi connectivity index (χ2n) is 5.53. The second kappa shape index (κ2) is 5.10. The molecule has 2 fully saturated rings. The lowest BCUT2D eigenvalue weighted by Crippen LogP contribution is -2.43. The molecule has 0 N–H and O–H groups in total. The number of hydrogen-bond donors (Lipinski definition) is 0. The summed E-state index contributed by atoms with van der Waals surface area (Å²) in [6.45, 7) is 2.53. The Kier molecular flexibility index (Phi) is 3.57. The quantitative estimate of drug-likeness (QED) is 0.720. The molecule has 0 saturated carbocycles. The van der Waals surface area contributed by atoms with Crippen LogP contribution >= 0.6 is 0 Å². The van der Waals surface area contributed by atoms with E-state index in [4.69, 9.17) is 4.74 Å². The zero-order valence-corrected chi connectivity index (χ0v) is 12.6. The highest BCUT2D eigenvalue weighted by molar-refractivity contribution is 7.89. The van der Waals surface area contributed by atoms with E-state index < -0.39 is 10.0 Å². The van der Waals surface area contributed by atoms with Gasteiger partial charge < -0.3 is 4.74 Å². The van der Waals surface area contributed by atoms with Gasteiger partial charge in [0, 0.05) is 45.5 Å². The maximum Gasteiger partial charge on any atom is 0.216 e. The first-order chi connectivity index (χ1) is 9.45. The fourth-order valence-corrected chi connectivity index (χ4v) is 4.15. The van der Waals surface area contributed by atoms with Crippen molar-refractivity contribution < 1.29 is 13.2 Å². The summed E-state index contributed by atoms with van der Waals surface area (Å²) < 4.78 is 33.0. The van der Waals surface area contributed by atoms with E-state index in [1.165, 1.54) is 4.31 Å². The van der Waals surface area contributed by atoms with Crippen LogP contribution < -0.4 is 0 Å². The Morgan fingerprint density at radius 3 is 2.90 bits per heavy atom. The SMILES string of the molecule is CN1[C@@H]2CN(Cc3cnn(C)c3)C[C@@H]2OCCS1(=O)=O. The minimum absolute atomic E-state index is 0.0334. The van der Waals surface area contributed by atoms with Crippen LogP contribution in [0, 0.1) is 0 Å². The first-order valence-electron chi connectivity index (χ1n) is 6.73. The number of hydrogen-bond acceptors (Lipinski definition) is 5. The molecule has 0 bridgehead atoms. The minimum Gasteiger partial charge on any atom is -0.374 e. The van der Waals surface area contributed by atoms with Crippen molar-refractivity contribution in [3.8, 4) is 0 Å². The Morgan fingerprint density at radius 1 is 1.40 bits per heavy atom. The minimum atomic E-state index is -3.18. The monoisotopic (exact) mass is 300 g/mol. The topological polar surface area (TPSA) is 67.7 Å². The van der Waals surface area contributed by atoms with E-state index in [-0.39, 0.29) is 24.5 Å². The molecular weight excluding hydrogens is 280 g/mol. The van der Waals surface area contributed by atoms with Gasteiger partial charge in [0.15, 0.2) is 0 Å². The summed E-state index contributed by atoms with van der Waals surface area (Å²) >= 11 is 0. The molecule has 8 heteroatoms. The van der Waals surface area contributed by atoms with E-state index in [0.29, 0.717) is 6.54 Å². The van der Waals surface area contributed by atoms with E-state index in [9.17, 15) is 8.42 Å². The molecule has 0 amide bonds. The Hall–Kier alpha value is -0.960. The van der Waals surface area contributed by atoms with E-state index in [0.717, 1.165) is 18.7 Å². The number of rotatable bonds is 2.